The van der Waals surface area contributed by atoms with Crippen LogP contribution >= 0.6 is 23.0 Å². The van der Waals surface area contributed by atoms with Crippen molar-refractivity contribution < 1.29 is 3.07 Å². The molecule has 62 valence electrons. The molecular weight excluding hydrogens is 269 g/mol. The van der Waals surface area contributed by atoms with Gasteiger partial charge in [-0.15, -0.1) is 0 Å². The standard InChI is InChI=1S/C7H6IN3O/c1-5-4-10-11-6(12-8)2-3-9-7(5)11/h2-4H,1H3. The second-order valence-electron chi connectivity index (χ2n) is 2.42. The summed E-state index contributed by atoms with van der Waals surface area (Å²) in [6.07, 6.45) is 3.47. The van der Waals surface area contributed by atoms with E-state index in [2.05, 4.69) is 10.1 Å². The predicted molar refractivity (Wildman–Crippen MR) is 52.4 cm³/mol. The van der Waals surface area contributed by atoms with E-state index in [1.165, 1.54) is 0 Å². The Morgan fingerprint density at radius 3 is 3.17 bits per heavy atom. The molecule has 0 aliphatic rings. The summed E-state index contributed by atoms with van der Waals surface area (Å²) in [6, 6.07) is 1.77. The van der Waals surface area contributed by atoms with E-state index in [0.29, 0.717) is 5.88 Å². The SMILES string of the molecule is Cc1cnn2c(OI)ccnc12. The minimum Gasteiger partial charge on any atom is -0.408 e. The molecule has 0 bridgehead atoms. The van der Waals surface area contributed by atoms with E-state index in [9.17, 15) is 0 Å². The van der Waals surface area contributed by atoms with Crippen molar-refractivity contribution in [1.82, 2.24) is 14.6 Å². The highest BCUT2D eigenvalue weighted by molar-refractivity contribution is 14.1. The van der Waals surface area contributed by atoms with E-state index in [-0.39, 0.29) is 0 Å². The highest BCUT2D eigenvalue weighted by atomic mass is 127. The number of hydrogen-bond acceptors (Lipinski definition) is 3. The van der Waals surface area contributed by atoms with Crippen molar-refractivity contribution >= 4 is 28.7 Å². The Kier molecular flexibility index (Phi) is 1.87. The molecule has 0 saturated carbocycles. The molecule has 0 amide bonds. The van der Waals surface area contributed by atoms with E-state index < -0.39 is 0 Å². The lowest BCUT2D eigenvalue weighted by molar-refractivity contribution is 0.638. The first-order chi connectivity index (χ1) is 5.83. The molecule has 2 heterocycles. The molecule has 0 N–H and O–H groups in total. The fraction of sp³-hybridized carbons (Fsp3) is 0.143. The smallest absolute Gasteiger partial charge is 0.229 e. The van der Waals surface area contributed by atoms with Crippen LogP contribution in [0.25, 0.3) is 5.65 Å². The monoisotopic (exact) mass is 275 g/mol. The number of rotatable bonds is 1. The molecule has 0 spiro atoms. The highest BCUT2D eigenvalue weighted by Crippen LogP contribution is 2.15. The Bertz CT molecular complexity index is 412. The van der Waals surface area contributed by atoms with Crippen LogP contribution in [0.3, 0.4) is 0 Å². The lowest BCUT2D eigenvalue weighted by Gasteiger charge is -1.98. The van der Waals surface area contributed by atoms with E-state index in [1.807, 2.05) is 29.9 Å². The van der Waals surface area contributed by atoms with Crippen LogP contribution in [-0.4, -0.2) is 14.6 Å². The zero-order valence-electron chi connectivity index (χ0n) is 6.36. The first-order valence-electron chi connectivity index (χ1n) is 3.41. The van der Waals surface area contributed by atoms with Crippen molar-refractivity contribution in [2.75, 3.05) is 0 Å². The largest absolute Gasteiger partial charge is 0.408 e. The molecule has 0 saturated heterocycles. The lowest BCUT2D eigenvalue weighted by Crippen LogP contribution is -1.93. The Morgan fingerprint density at radius 1 is 1.58 bits per heavy atom. The van der Waals surface area contributed by atoms with Gasteiger partial charge >= 0.3 is 0 Å². The molecule has 0 aromatic carbocycles. The summed E-state index contributed by atoms with van der Waals surface area (Å²) in [5.41, 5.74) is 1.88. The fourth-order valence-electron chi connectivity index (χ4n) is 1.04. The number of halogens is 1. The Labute approximate surface area is 83.2 Å². The molecule has 0 aliphatic heterocycles. The molecule has 0 aliphatic carbocycles. The van der Waals surface area contributed by atoms with Gasteiger partial charge in [-0.3, -0.25) is 0 Å². The van der Waals surface area contributed by atoms with Crippen molar-refractivity contribution in [3.05, 3.63) is 24.0 Å². The van der Waals surface area contributed by atoms with Gasteiger partial charge in [-0.1, -0.05) is 0 Å². The zero-order chi connectivity index (χ0) is 8.55. The molecule has 0 fully saturated rings. The maximum atomic E-state index is 5.07. The van der Waals surface area contributed by atoms with Crippen LogP contribution in [-0.2, 0) is 0 Å². The van der Waals surface area contributed by atoms with Gasteiger partial charge in [0.2, 0.25) is 5.88 Å². The van der Waals surface area contributed by atoms with Crippen molar-refractivity contribution in [2.24, 2.45) is 0 Å². The van der Waals surface area contributed by atoms with Gasteiger partial charge in [0.05, 0.1) is 6.20 Å². The summed E-state index contributed by atoms with van der Waals surface area (Å²) in [6.45, 7) is 1.96. The zero-order valence-corrected chi connectivity index (χ0v) is 8.52. The summed E-state index contributed by atoms with van der Waals surface area (Å²) in [5, 5.41) is 4.11. The second kappa shape index (κ2) is 2.89. The van der Waals surface area contributed by atoms with Crippen LogP contribution in [0.2, 0.25) is 0 Å². The normalized spacial score (nSPS) is 10.5. The summed E-state index contributed by atoms with van der Waals surface area (Å²) in [4.78, 5) is 4.17. The third-order valence-corrected chi connectivity index (χ3v) is 2.07. The van der Waals surface area contributed by atoms with Crippen LogP contribution in [0.1, 0.15) is 5.56 Å². The molecule has 0 unspecified atom stereocenters. The third kappa shape index (κ3) is 1.04. The van der Waals surface area contributed by atoms with Crippen molar-refractivity contribution in [2.45, 2.75) is 6.92 Å². The van der Waals surface area contributed by atoms with Gasteiger partial charge in [0.1, 0.15) is 0 Å². The van der Waals surface area contributed by atoms with Gasteiger partial charge in [-0.05, 0) is 6.92 Å². The number of aryl methyl sites for hydroxylation is 1. The first kappa shape index (κ1) is 7.78. The van der Waals surface area contributed by atoms with Crippen LogP contribution in [0.4, 0.5) is 0 Å². The maximum absolute atomic E-state index is 5.07. The van der Waals surface area contributed by atoms with Gasteiger partial charge in [0.25, 0.3) is 0 Å². The van der Waals surface area contributed by atoms with Crippen molar-refractivity contribution in [3.8, 4) is 5.88 Å². The summed E-state index contributed by atoms with van der Waals surface area (Å²) < 4.78 is 6.74. The highest BCUT2D eigenvalue weighted by Gasteiger charge is 2.04. The Balaban J connectivity index is 2.81. The van der Waals surface area contributed by atoms with Crippen LogP contribution in [0, 0.1) is 6.92 Å². The van der Waals surface area contributed by atoms with Crippen LogP contribution in [0.5, 0.6) is 5.88 Å². The van der Waals surface area contributed by atoms with E-state index in [1.54, 1.807) is 23.0 Å². The van der Waals surface area contributed by atoms with Crippen molar-refractivity contribution in [3.63, 3.8) is 0 Å². The minimum atomic E-state index is 0.689. The Hall–Kier alpha value is -0.850. The Morgan fingerprint density at radius 2 is 2.42 bits per heavy atom. The molecule has 2 aromatic rings. The molecule has 5 heteroatoms. The summed E-state index contributed by atoms with van der Waals surface area (Å²) >= 11 is 1.82. The number of nitrogens with zero attached hydrogens (tertiary/aromatic N) is 3. The van der Waals surface area contributed by atoms with E-state index in [4.69, 9.17) is 3.07 Å². The predicted octanol–water partition coefficient (Wildman–Crippen LogP) is 1.77. The van der Waals surface area contributed by atoms with Gasteiger partial charge in [0.15, 0.2) is 28.7 Å². The average Bonchev–Trinajstić information content (AvgIpc) is 2.48. The molecule has 12 heavy (non-hydrogen) atoms. The van der Waals surface area contributed by atoms with Gasteiger partial charge in [-0.2, -0.15) is 9.61 Å². The number of hydrogen-bond donors (Lipinski definition) is 0. The maximum Gasteiger partial charge on any atom is 0.229 e. The molecule has 4 nitrogen and oxygen atoms in total. The molecule has 0 radical (unpaired) electrons. The quantitative estimate of drug-likeness (QED) is 0.744. The van der Waals surface area contributed by atoms with Gasteiger partial charge < -0.3 is 3.07 Å². The lowest BCUT2D eigenvalue weighted by atomic mass is 10.4. The van der Waals surface area contributed by atoms with Crippen LogP contribution < -0.4 is 3.07 Å². The summed E-state index contributed by atoms with van der Waals surface area (Å²) in [5.74, 6) is 0.689. The first-order valence-corrected chi connectivity index (χ1v) is 4.29. The molecular formula is C7H6IN3O. The van der Waals surface area contributed by atoms with Gasteiger partial charge in [0, 0.05) is 17.8 Å². The topological polar surface area (TPSA) is 39.4 Å². The molecule has 2 rings (SSSR count). The number of fused-ring (bicyclic) bond motifs is 1. The van der Waals surface area contributed by atoms with Crippen LogP contribution in [0.15, 0.2) is 18.5 Å². The average molecular weight is 275 g/mol. The second-order valence-corrected chi connectivity index (χ2v) is 2.86. The van der Waals surface area contributed by atoms with E-state index in [0.717, 1.165) is 11.2 Å². The minimum absolute atomic E-state index is 0.689. The summed E-state index contributed by atoms with van der Waals surface area (Å²) in [7, 11) is 0. The van der Waals surface area contributed by atoms with Crippen molar-refractivity contribution in [1.29, 1.82) is 0 Å². The third-order valence-electron chi connectivity index (χ3n) is 1.62. The number of aromatic nitrogens is 3. The van der Waals surface area contributed by atoms with E-state index >= 15 is 0 Å². The fourth-order valence-corrected chi connectivity index (χ4v) is 1.38. The van der Waals surface area contributed by atoms with Gasteiger partial charge in [-0.25, -0.2) is 4.98 Å². The molecule has 2 aromatic heterocycles. The molecule has 0 atom stereocenters.